The van der Waals surface area contributed by atoms with E-state index in [2.05, 4.69) is 4.74 Å². The highest BCUT2D eigenvalue weighted by Crippen LogP contribution is 2.14. The maximum absolute atomic E-state index is 12.5. The van der Waals surface area contributed by atoms with Gasteiger partial charge in [0, 0.05) is 0 Å². The molecule has 4 nitrogen and oxygen atoms in total. The number of hydrogen-bond donors (Lipinski definition) is 1. The summed E-state index contributed by atoms with van der Waals surface area (Å²) in [6.07, 6.45) is 0. The summed E-state index contributed by atoms with van der Waals surface area (Å²) < 4.78 is 29.3. The van der Waals surface area contributed by atoms with Gasteiger partial charge in [-0.1, -0.05) is 18.2 Å². The monoisotopic (exact) mass is 230 g/mol. The van der Waals surface area contributed by atoms with Gasteiger partial charge in [-0.05, 0) is 12.1 Å². The Bertz CT molecular complexity index is 389. The second-order valence-electron chi connectivity index (χ2n) is 2.95. The zero-order chi connectivity index (χ0) is 12.2. The molecule has 0 unspecified atom stereocenters. The van der Waals surface area contributed by atoms with Crippen LogP contribution >= 0.6 is 0 Å². The first-order chi connectivity index (χ1) is 7.43. The van der Waals surface area contributed by atoms with Crippen molar-refractivity contribution in [1.82, 2.24) is 0 Å². The van der Waals surface area contributed by atoms with Crippen molar-refractivity contribution in [2.45, 2.75) is 5.92 Å². The topological polar surface area (TPSA) is 63.6 Å². The zero-order valence-electron chi connectivity index (χ0n) is 8.02. The van der Waals surface area contributed by atoms with Gasteiger partial charge in [0.15, 0.2) is 6.61 Å². The Morgan fingerprint density at radius 2 is 1.81 bits per heavy atom. The van der Waals surface area contributed by atoms with E-state index >= 15 is 0 Å². The van der Waals surface area contributed by atoms with Gasteiger partial charge in [-0.15, -0.1) is 0 Å². The maximum Gasteiger partial charge on any atom is 0.378 e. The van der Waals surface area contributed by atoms with E-state index in [1.54, 1.807) is 6.07 Å². The van der Waals surface area contributed by atoms with Crippen LogP contribution in [0.15, 0.2) is 30.3 Å². The summed E-state index contributed by atoms with van der Waals surface area (Å²) >= 11 is 0. The van der Waals surface area contributed by atoms with Gasteiger partial charge >= 0.3 is 17.9 Å². The van der Waals surface area contributed by atoms with Crippen LogP contribution in [-0.4, -0.2) is 29.6 Å². The van der Waals surface area contributed by atoms with Crippen LogP contribution in [0.4, 0.5) is 8.78 Å². The molecular weight excluding hydrogens is 222 g/mol. The molecule has 1 N–H and O–H groups in total. The molecule has 0 spiro atoms. The molecule has 0 aromatic heterocycles. The normalized spacial score (nSPS) is 10.9. The summed E-state index contributed by atoms with van der Waals surface area (Å²) in [5.74, 6) is -7.38. The summed E-state index contributed by atoms with van der Waals surface area (Å²) in [5.41, 5.74) is 0.0867. The van der Waals surface area contributed by atoms with Crippen molar-refractivity contribution in [2.75, 3.05) is 6.61 Å². The lowest BCUT2D eigenvalue weighted by Crippen LogP contribution is -2.34. The van der Waals surface area contributed by atoms with E-state index in [0.29, 0.717) is 0 Å². The fraction of sp³-hybridized carbons (Fsp3) is 0.200. The predicted octanol–water partition coefficient (Wildman–Crippen LogP) is 1.56. The van der Waals surface area contributed by atoms with Gasteiger partial charge in [0.2, 0.25) is 0 Å². The van der Waals surface area contributed by atoms with E-state index in [-0.39, 0.29) is 5.56 Å². The first-order valence-electron chi connectivity index (χ1n) is 4.27. The quantitative estimate of drug-likeness (QED) is 0.797. The van der Waals surface area contributed by atoms with Crippen LogP contribution in [0.2, 0.25) is 0 Å². The number of hydrogen-bond acceptors (Lipinski definition) is 3. The number of carboxylic acids is 1. The van der Waals surface area contributed by atoms with Crippen molar-refractivity contribution in [1.29, 1.82) is 0 Å². The van der Waals surface area contributed by atoms with Gasteiger partial charge in [-0.3, -0.25) is 0 Å². The molecule has 0 saturated heterocycles. The number of carbonyl (C=O) groups excluding carboxylic acids is 1. The summed E-state index contributed by atoms with van der Waals surface area (Å²) in [4.78, 5) is 21.2. The molecule has 0 bridgehead atoms. The Kier molecular flexibility index (Phi) is 3.55. The van der Waals surface area contributed by atoms with Gasteiger partial charge in [0.05, 0.1) is 5.56 Å². The van der Waals surface area contributed by atoms with Gasteiger partial charge in [0.25, 0.3) is 0 Å². The number of carbonyl (C=O) groups is 2. The number of ether oxygens (including phenoxy) is 1. The minimum Gasteiger partial charge on any atom is -0.477 e. The minimum atomic E-state index is -4.07. The van der Waals surface area contributed by atoms with Crippen LogP contribution in [0.5, 0.6) is 0 Å². The van der Waals surface area contributed by atoms with Crippen molar-refractivity contribution in [3.8, 4) is 0 Å². The summed E-state index contributed by atoms with van der Waals surface area (Å²) in [6, 6.07) is 7.46. The van der Waals surface area contributed by atoms with E-state index < -0.39 is 24.5 Å². The largest absolute Gasteiger partial charge is 0.477 e. The Balaban J connectivity index is 2.58. The predicted molar refractivity (Wildman–Crippen MR) is 49.3 cm³/mol. The van der Waals surface area contributed by atoms with Gasteiger partial charge < -0.3 is 9.84 Å². The molecule has 16 heavy (non-hydrogen) atoms. The number of carboxylic acid groups (broad SMARTS) is 1. The third-order valence-corrected chi connectivity index (χ3v) is 1.71. The average Bonchev–Trinajstić information content (AvgIpc) is 2.27. The second-order valence-corrected chi connectivity index (χ2v) is 2.95. The van der Waals surface area contributed by atoms with Crippen LogP contribution in [0.1, 0.15) is 10.4 Å². The van der Waals surface area contributed by atoms with E-state index in [9.17, 15) is 18.4 Å². The van der Waals surface area contributed by atoms with Crippen LogP contribution in [-0.2, 0) is 9.53 Å². The SMILES string of the molecule is O=C(OCC(F)(F)C(=O)O)c1ccccc1. The molecule has 1 rings (SSSR count). The van der Waals surface area contributed by atoms with Crippen molar-refractivity contribution < 1.29 is 28.2 Å². The first-order valence-corrected chi connectivity index (χ1v) is 4.27. The Labute approximate surface area is 89.5 Å². The Hall–Kier alpha value is -1.98. The highest BCUT2D eigenvalue weighted by atomic mass is 19.3. The lowest BCUT2D eigenvalue weighted by molar-refractivity contribution is -0.170. The molecule has 0 saturated carbocycles. The third kappa shape index (κ3) is 3.01. The number of alkyl halides is 2. The van der Waals surface area contributed by atoms with E-state index in [0.717, 1.165) is 0 Å². The first kappa shape index (κ1) is 12.1. The highest BCUT2D eigenvalue weighted by Gasteiger charge is 2.40. The van der Waals surface area contributed by atoms with Crippen molar-refractivity contribution in [3.05, 3.63) is 35.9 Å². The smallest absolute Gasteiger partial charge is 0.378 e. The van der Waals surface area contributed by atoms with Crippen molar-refractivity contribution in [3.63, 3.8) is 0 Å². The molecule has 0 atom stereocenters. The van der Waals surface area contributed by atoms with Crippen LogP contribution < -0.4 is 0 Å². The Morgan fingerprint density at radius 3 is 2.31 bits per heavy atom. The third-order valence-electron chi connectivity index (χ3n) is 1.71. The molecule has 0 radical (unpaired) electrons. The maximum atomic E-state index is 12.5. The number of rotatable bonds is 4. The second kappa shape index (κ2) is 4.69. The lowest BCUT2D eigenvalue weighted by atomic mass is 10.2. The zero-order valence-corrected chi connectivity index (χ0v) is 8.02. The Morgan fingerprint density at radius 1 is 1.25 bits per heavy atom. The van der Waals surface area contributed by atoms with E-state index in [1.807, 2.05) is 0 Å². The molecule has 0 heterocycles. The molecule has 0 fully saturated rings. The molecule has 1 aromatic rings. The minimum absolute atomic E-state index is 0.0867. The van der Waals surface area contributed by atoms with Crippen LogP contribution in [0.3, 0.4) is 0 Å². The molecule has 0 aliphatic rings. The molecular formula is C10H8F2O4. The molecule has 0 aliphatic heterocycles. The number of halogens is 2. The van der Waals surface area contributed by atoms with Crippen molar-refractivity contribution >= 4 is 11.9 Å². The van der Waals surface area contributed by atoms with Crippen LogP contribution in [0, 0.1) is 0 Å². The molecule has 1 aromatic carbocycles. The standard InChI is InChI=1S/C10H8F2O4/c11-10(12,9(14)15)6-16-8(13)7-4-2-1-3-5-7/h1-5H,6H2,(H,14,15). The van der Waals surface area contributed by atoms with Crippen molar-refractivity contribution in [2.24, 2.45) is 0 Å². The molecule has 0 amide bonds. The summed E-state index contributed by atoms with van der Waals surface area (Å²) in [7, 11) is 0. The highest BCUT2D eigenvalue weighted by molar-refractivity contribution is 5.89. The van der Waals surface area contributed by atoms with E-state index in [1.165, 1.54) is 24.3 Å². The van der Waals surface area contributed by atoms with E-state index in [4.69, 9.17) is 5.11 Å². The summed E-state index contributed by atoms with van der Waals surface area (Å²) in [5, 5.41) is 8.08. The molecule has 6 heteroatoms. The van der Waals surface area contributed by atoms with Gasteiger partial charge in [-0.2, -0.15) is 8.78 Å². The fourth-order valence-corrected chi connectivity index (χ4v) is 0.875. The summed E-state index contributed by atoms with van der Waals surface area (Å²) in [6.45, 7) is -1.48. The number of esters is 1. The number of aliphatic carboxylic acids is 1. The lowest BCUT2D eigenvalue weighted by Gasteiger charge is -2.11. The number of benzene rings is 1. The van der Waals surface area contributed by atoms with Gasteiger partial charge in [-0.25, -0.2) is 9.59 Å². The average molecular weight is 230 g/mol. The molecule has 86 valence electrons. The fourth-order valence-electron chi connectivity index (χ4n) is 0.875. The van der Waals surface area contributed by atoms with Gasteiger partial charge in [0.1, 0.15) is 0 Å². The molecule has 0 aliphatic carbocycles. The van der Waals surface area contributed by atoms with Crippen LogP contribution in [0.25, 0.3) is 0 Å².